The summed E-state index contributed by atoms with van der Waals surface area (Å²) in [7, 11) is 0. The Hall–Kier alpha value is -2.53. The van der Waals surface area contributed by atoms with Crippen LogP contribution in [0.5, 0.6) is 5.75 Å². The zero-order chi connectivity index (χ0) is 16.8. The van der Waals surface area contributed by atoms with Gasteiger partial charge in [-0.15, -0.1) is 0 Å². The molecule has 0 aromatic heterocycles. The Morgan fingerprint density at radius 2 is 1.58 bits per heavy atom. The Morgan fingerprint density at radius 1 is 0.917 bits per heavy atom. The maximum Gasteiger partial charge on any atom is 0.410 e. The van der Waals surface area contributed by atoms with Gasteiger partial charge in [0.25, 0.3) is 0 Å². The lowest BCUT2D eigenvalue weighted by molar-refractivity contribution is 0.0700. The van der Waals surface area contributed by atoms with Gasteiger partial charge in [0.2, 0.25) is 0 Å². The molecule has 1 N–H and O–H groups in total. The average Bonchev–Trinajstić information content (AvgIpc) is 2.63. The first-order valence-electron chi connectivity index (χ1n) is 8.16. The van der Waals surface area contributed by atoms with Gasteiger partial charge in [0, 0.05) is 32.7 Å². The summed E-state index contributed by atoms with van der Waals surface area (Å²) in [6.45, 7) is 4.13. The predicted molar refractivity (Wildman–Crippen MR) is 91.6 cm³/mol. The van der Waals surface area contributed by atoms with E-state index in [2.05, 4.69) is 4.90 Å². The molecule has 0 unspecified atom stereocenters. The highest BCUT2D eigenvalue weighted by Crippen LogP contribution is 2.13. The fourth-order valence-electron chi connectivity index (χ4n) is 2.76. The third-order valence-electron chi connectivity index (χ3n) is 4.18. The Bertz CT molecular complexity index is 650. The number of hydrogen-bond acceptors (Lipinski definition) is 4. The van der Waals surface area contributed by atoms with Crippen molar-refractivity contribution in [3.8, 4) is 5.75 Å². The summed E-state index contributed by atoms with van der Waals surface area (Å²) in [5.74, 6) is 0.282. The van der Waals surface area contributed by atoms with Crippen LogP contribution in [0.4, 0.5) is 4.79 Å². The van der Waals surface area contributed by atoms with Gasteiger partial charge in [-0.1, -0.05) is 42.5 Å². The van der Waals surface area contributed by atoms with E-state index < -0.39 is 0 Å². The standard InChI is InChI=1S/C19H22N2O3/c22-18-8-6-16(7-9-18)14-20-10-12-21(13-11-20)19(23)24-15-17-4-2-1-3-5-17/h1-9,22H,10-15H2. The SMILES string of the molecule is O=C(OCc1ccccc1)N1CCN(Cc2ccc(O)cc2)CC1. The molecule has 1 amide bonds. The molecule has 1 aliphatic heterocycles. The van der Waals surface area contributed by atoms with Gasteiger partial charge in [0.15, 0.2) is 0 Å². The van der Waals surface area contributed by atoms with Gasteiger partial charge in [-0.25, -0.2) is 4.79 Å². The Kier molecular flexibility index (Phi) is 5.33. The molecule has 3 rings (SSSR count). The minimum absolute atomic E-state index is 0.247. The van der Waals surface area contributed by atoms with Gasteiger partial charge in [-0.05, 0) is 23.3 Å². The normalized spacial score (nSPS) is 15.2. The Balaban J connectivity index is 1.42. The fraction of sp³-hybridized carbons (Fsp3) is 0.316. The van der Waals surface area contributed by atoms with Crippen LogP contribution in [0.25, 0.3) is 0 Å². The number of hydrogen-bond donors (Lipinski definition) is 1. The second kappa shape index (κ2) is 7.84. The molecule has 1 heterocycles. The Morgan fingerprint density at radius 3 is 2.25 bits per heavy atom. The highest BCUT2D eigenvalue weighted by molar-refractivity contribution is 5.67. The van der Waals surface area contributed by atoms with E-state index >= 15 is 0 Å². The van der Waals surface area contributed by atoms with Crippen molar-refractivity contribution in [1.29, 1.82) is 0 Å². The van der Waals surface area contributed by atoms with Gasteiger partial charge < -0.3 is 14.7 Å². The largest absolute Gasteiger partial charge is 0.508 e. The van der Waals surface area contributed by atoms with E-state index in [1.54, 1.807) is 17.0 Å². The fourth-order valence-corrected chi connectivity index (χ4v) is 2.76. The third kappa shape index (κ3) is 4.49. The molecule has 1 fully saturated rings. The van der Waals surface area contributed by atoms with Crippen LogP contribution in [0.1, 0.15) is 11.1 Å². The van der Waals surface area contributed by atoms with Gasteiger partial charge in [-0.3, -0.25) is 4.90 Å². The lowest BCUT2D eigenvalue weighted by atomic mass is 10.2. The molecule has 5 heteroatoms. The molecule has 0 spiro atoms. The maximum atomic E-state index is 12.1. The first-order valence-corrected chi connectivity index (χ1v) is 8.16. The molecule has 2 aromatic carbocycles. The van der Waals surface area contributed by atoms with Crippen molar-refractivity contribution in [2.24, 2.45) is 0 Å². The molecule has 1 aliphatic rings. The maximum absolute atomic E-state index is 12.1. The van der Waals surface area contributed by atoms with Crippen molar-refractivity contribution in [3.05, 3.63) is 65.7 Å². The zero-order valence-electron chi connectivity index (χ0n) is 13.6. The third-order valence-corrected chi connectivity index (χ3v) is 4.18. The topological polar surface area (TPSA) is 53.0 Å². The van der Waals surface area contributed by atoms with Crippen LogP contribution in [0.15, 0.2) is 54.6 Å². The number of phenolic OH excluding ortho intramolecular Hbond substituents is 1. The van der Waals surface area contributed by atoms with Crippen LogP contribution < -0.4 is 0 Å². The number of piperazine rings is 1. The number of benzene rings is 2. The first-order chi connectivity index (χ1) is 11.7. The summed E-state index contributed by atoms with van der Waals surface area (Å²) in [5, 5.41) is 9.32. The summed E-state index contributed by atoms with van der Waals surface area (Å²) >= 11 is 0. The molecule has 0 radical (unpaired) electrons. The lowest BCUT2D eigenvalue weighted by Gasteiger charge is -2.34. The highest BCUT2D eigenvalue weighted by Gasteiger charge is 2.22. The lowest BCUT2D eigenvalue weighted by Crippen LogP contribution is -2.48. The molecule has 126 valence electrons. The van der Waals surface area contributed by atoms with Gasteiger partial charge in [-0.2, -0.15) is 0 Å². The number of aromatic hydroxyl groups is 1. The van der Waals surface area contributed by atoms with Crippen LogP contribution in [0, 0.1) is 0 Å². The summed E-state index contributed by atoms with van der Waals surface area (Å²) < 4.78 is 5.37. The van der Waals surface area contributed by atoms with Crippen molar-refractivity contribution >= 4 is 6.09 Å². The second-order valence-electron chi connectivity index (χ2n) is 5.97. The van der Waals surface area contributed by atoms with E-state index in [1.165, 1.54) is 0 Å². The van der Waals surface area contributed by atoms with Crippen LogP contribution in [0.2, 0.25) is 0 Å². The molecular formula is C19H22N2O3. The van der Waals surface area contributed by atoms with Crippen LogP contribution in [0.3, 0.4) is 0 Å². The van der Waals surface area contributed by atoms with Crippen LogP contribution in [-0.2, 0) is 17.9 Å². The number of amides is 1. The highest BCUT2D eigenvalue weighted by atomic mass is 16.6. The van der Waals surface area contributed by atoms with E-state index in [0.717, 1.165) is 30.8 Å². The average molecular weight is 326 g/mol. The van der Waals surface area contributed by atoms with E-state index in [-0.39, 0.29) is 11.8 Å². The summed E-state index contributed by atoms with van der Waals surface area (Å²) in [5.41, 5.74) is 2.16. The minimum Gasteiger partial charge on any atom is -0.508 e. The number of rotatable bonds is 4. The number of nitrogens with zero attached hydrogens (tertiary/aromatic N) is 2. The van der Waals surface area contributed by atoms with Gasteiger partial charge in [0.1, 0.15) is 12.4 Å². The molecule has 2 aromatic rings. The van der Waals surface area contributed by atoms with E-state index in [1.807, 2.05) is 42.5 Å². The predicted octanol–water partition coefficient (Wildman–Crippen LogP) is 2.85. The molecule has 1 saturated heterocycles. The van der Waals surface area contributed by atoms with Crippen molar-refractivity contribution in [2.75, 3.05) is 26.2 Å². The molecule has 0 atom stereocenters. The first kappa shape index (κ1) is 16.3. The van der Waals surface area contributed by atoms with Crippen molar-refractivity contribution in [2.45, 2.75) is 13.2 Å². The smallest absolute Gasteiger partial charge is 0.410 e. The second-order valence-corrected chi connectivity index (χ2v) is 5.97. The van der Waals surface area contributed by atoms with Crippen molar-refractivity contribution < 1.29 is 14.6 Å². The number of phenols is 1. The minimum atomic E-state index is -0.247. The molecule has 24 heavy (non-hydrogen) atoms. The summed E-state index contributed by atoms with van der Waals surface area (Å²) in [4.78, 5) is 16.2. The quantitative estimate of drug-likeness (QED) is 0.939. The van der Waals surface area contributed by atoms with Gasteiger partial charge in [0.05, 0.1) is 0 Å². The molecule has 0 saturated carbocycles. The van der Waals surface area contributed by atoms with E-state index in [9.17, 15) is 9.90 Å². The molecule has 5 nitrogen and oxygen atoms in total. The number of carbonyl (C=O) groups is 1. The van der Waals surface area contributed by atoms with E-state index in [4.69, 9.17) is 4.74 Å². The summed E-state index contributed by atoms with van der Waals surface area (Å²) in [6, 6.07) is 17.0. The van der Waals surface area contributed by atoms with Gasteiger partial charge >= 0.3 is 6.09 Å². The molecule has 0 bridgehead atoms. The monoisotopic (exact) mass is 326 g/mol. The number of ether oxygens (including phenoxy) is 1. The number of carbonyl (C=O) groups excluding carboxylic acids is 1. The molecule has 0 aliphatic carbocycles. The molecular weight excluding hydrogens is 304 g/mol. The van der Waals surface area contributed by atoms with Crippen molar-refractivity contribution in [3.63, 3.8) is 0 Å². The van der Waals surface area contributed by atoms with Crippen LogP contribution in [-0.4, -0.2) is 47.2 Å². The van der Waals surface area contributed by atoms with Crippen LogP contribution >= 0.6 is 0 Å². The zero-order valence-corrected chi connectivity index (χ0v) is 13.6. The summed E-state index contributed by atoms with van der Waals surface area (Å²) in [6.07, 6.45) is -0.247. The Labute approximate surface area is 142 Å². The van der Waals surface area contributed by atoms with Crippen molar-refractivity contribution in [1.82, 2.24) is 9.80 Å². The van der Waals surface area contributed by atoms with E-state index in [0.29, 0.717) is 19.7 Å².